The van der Waals surface area contributed by atoms with Gasteiger partial charge < -0.3 is 5.32 Å². The number of rotatable bonds is 4. The van der Waals surface area contributed by atoms with Crippen LogP contribution in [0.4, 0.5) is 8.78 Å². The molecule has 1 aromatic carbocycles. The minimum absolute atomic E-state index is 0.402. The van der Waals surface area contributed by atoms with Gasteiger partial charge in [-0.15, -0.1) is 0 Å². The van der Waals surface area contributed by atoms with Gasteiger partial charge in [0.15, 0.2) is 5.78 Å². The summed E-state index contributed by atoms with van der Waals surface area (Å²) < 4.78 is 27.4. The van der Waals surface area contributed by atoms with E-state index in [9.17, 15) is 13.6 Å². The van der Waals surface area contributed by atoms with E-state index in [4.69, 9.17) is 0 Å². The highest BCUT2D eigenvalue weighted by atomic mass is 19.1. The molecule has 1 aliphatic rings. The normalized spacial score (nSPS) is 23.3. The Labute approximate surface area is 105 Å². The Bertz CT molecular complexity index is 433. The van der Waals surface area contributed by atoms with Crippen molar-refractivity contribution >= 4 is 5.78 Å². The molecule has 1 unspecified atom stereocenters. The topological polar surface area (TPSA) is 29.1 Å². The van der Waals surface area contributed by atoms with Crippen LogP contribution < -0.4 is 5.32 Å². The van der Waals surface area contributed by atoms with Crippen LogP contribution in [0.5, 0.6) is 0 Å². The maximum Gasteiger partial charge on any atom is 0.188 e. The van der Waals surface area contributed by atoms with E-state index < -0.39 is 28.5 Å². The van der Waals surface area contributed by atoms with Gasteiger partial charge in [-0.05, 0) is 37.9 Å². The van der Waals surface area contributed by atoms with E-state index in [1.54, 1.807) is 0 Å². The molecule has 0 amide bonds. The second kappa shape index (κ2) is 5.14. The summed E-state index contributed by atoms with van der Waals surface area (Å²) in [6, 6.07) is 3.53. The van der Waals surface area contributed by atoms with Crippen LogP contribution in [0.2, 0.25) is 0 Å². The monoisotopic (exact) mass is 253 g/mol. The van der Waals surface area contributed by atoms with Crippen LogP contribution in [-0.2, 0) is 0 Å². The van der Waals surface area contributed by atoms with Gasteiger partial charge in [-0.1, -0.05) is 19.4 Å². The van der Waals surface area contributed by atoms with Crippen LogP contribution in [0.25, 0.3) is 0 Å². The number of hydrogen-bond donors (Lipinski definition) is 1. The Morgan fingerprint density at radius 1 is 1.39 bits per heavy atom. The Kier molecular flexibility index (Phi) is 3.76. The standard InChI is InChI=1S/C14H17F2NO/c1-2-7-14(8-4-9-17-14)13(18)12-10(15)5-3-6-11(12)16/h3,5-6,17H,2,4,7-9H2,1H3. The molecule has 1 atom stereocenters. The molecule has 0 spiro atoms. The van der Waals surface area contributed by atoms with Gasteiger partial charge in [0.1, 0.15) is 11.6 Å². The van der Waals surface area contributed by atoms with E-state index in [1.165, 1.54) is 6.07 Å². The third-order valence-electron chi connectivity index (χ3n) is 3.54. The summed E-state index contributed by atoms with van der Waals surface area (Å²) in [7, 11) is 0. The molecule has 1 fully saturated rings. The smallest absolute Gasteiger partial charge is 0.188 e. The first-order valence-corrected chi connectivity index (χ1v) is 6.34. The van der Waals surface area contributed by atoms with Gasteiger partial charge in [-0.25, -0.2) is 8.78 Å². The first-order chi connectivity index (χ1) is 8.60. The second-order valence-electron chi connectivity index (χ2n) is 4.79. The molecular formula is C14H17F2NO. The van der Waals surface area contributed by atoms with Crippen molar-refractivity contribution in [2.24, 2.45) is 0 Å². The zero-order valence-corrected chi connectivity index (χ0v) is 10.4. The van der Waals surface area contributed by atoms with E-state index in [-0.39, 0.29) is 0 Å². The van der Waals surface area contributed by atoms with Gasteiger partial charge in [0.2, 0.25) is 0 Å². The van der Waals surface area contributed by atoms with Crippen molar-refractivity contribution < 1.29 is 13.6 Å². The zero-order valence-electron chi connectivity index (χ0n) is 10.4. The highest BCUT2D eigenvalue weighted by molar-refractivity contribution is 6.03. The molecule has 0 aromatic heterocycles. The summed E-state index contributed by atoms with van der Waals surface area (Å²) in [4.78, 5) is 12.5. The lowest BCUT2D eigenvalue weighted by molar-refractivity contribution is 0.0848. The molecule has 1 heterocycles. The summed E-state index contributed by atoms with van der Waals surface area (Å²) in [5.74, 6) is -1.99. The average Bonchev–Trinajstić information content (AvgIpc) is 2.79. The second-order valence-corrected chi connectivity index (χ2v) is 4.79. The van der Waals surface area contributed by atoms with Gasteiger partial charge in [0.25, 0.3) is 0 Å². The minimum Gasteiger partial charge on any atom is -0.305 e. The van der Waals surface area contributed by atoms with Crippen LogP contribution in [0, 0.1) is 11.6 Å². The summed E-state index contributed by atoms with van der Waals surface area (Å²) in [5.41, 5.74) is -1.18. The quantitative estimate of drug-likeness (QED) is 0.835. The Morgan fingerprint density at radius 2 is 2.06 bits per heavy atom. The van der Waals surface area contributed by atoms with Gasteiger partial charge in [-0.2, -0.15) is 0 Å². The van der Waals surface area contributed by atoms with Crippen LogP contribution >= 0.6 is 0 Å². The highest BCUT2D eigenvalue weighted by Gasteiger charge is 2.42. The summed E-state index contributed by atoms with van der Waals surface area (Å²) >= 11 is 0. The Morgan fingerprint density at radius 3 is 2.56 bits per heavy atom. The van der Waals surface area contributed by atoms with Crippen molar-refractivity contribution in [2.75, 3.05) is 6.54 Å². The molecule has 0 aliphatic carbocycles. The Balaban J connectivity index is 2.40. The molecule has 1 aromatic rings. The molecule has 4 heteroatoms. The number of Topliss-reactive ketones (excluding diaryl/α,β-unsaturated/α-hetero) is 1. The van der Waals surface area contributed by atoms with E-state index >= 15 is 0 Å². The van der Waals surface area contributed by atoms with Crippen molar-refractivity contribution in [2.45, 2.75) is 38.1 Å². The van der Waals surface area contributed by atoms with Gasteiger partial charge in [-0.3, -0.25) is 4.79 Å². The Hall–Kier alpha value is -1.29. The van der Waals surface area contributed by atoms with Crippen LogP contribution in [0.3, 0.4) is 0 Å². The first-order valence-electron chi connectivity index (χ1n) is 6.34. The molecule has 1 N–H and O–H groups in total. The lowest BCUT2D eigenvalue weighted by atomic mass is 9.83. The molecule has 2 rings (SSSR count). The van der Waals surface area contributed by atoms with Crippen molar-refractivity contribution in [3.63, 3.8) is 0 Å². The van der Waals surface area contributed by atoms with E-state index in [1.807, 2.05) is 6.92 Å². The number of nitrogens with one attached hydrogen (secondary N) is 1. The van der Waals surface area contributed by atoms with Crippen molar-refractivity contribution in [1.29, 1.82) is 0 Å². The third kappa shape index (κ3) is 2.17. The zero-order chi connectivity index (χ0) is 13.2. The molecule has 0 bridgehead atoms. The molecule has 2 nitrogen and oxygen atoms in total. The molecule has 1 saturated heterocycles. The maximum absolute atomic E-state index is 13.7. The SMILES string of the molecule is CCCC1(C(=O)c2c(F)cccc2F)CCCN1. The van der Waals surface area contributed by atoms with Gasteiger partial charge in [0, 0.05) is 0 Å². The van der Waals surface area contributed by atoms with Crippen LogP contribution in [-0.4, -0.2) is 17.9 Å². The molecular weight excluding hydrogens is 236 g/mol. The molecule has 0 radical (unpaired) electrons. The number of carbonyl (C=O) groups excluding carboxylic acids is 1. The number of halogens is 2. The van der Waals surface area contributed by atoms with Crippen molar-refractivity contribution in [3.8, 4) is 0 Å². The van der Waals surface area contributed by atoms with E-state index in [0.717, 1.165) is 31.5 Å². The largest absolute Gasteiger partial charge is 0.305 e. The molecule has 0 saturated carbocycles. The number of carbonyl (C=O) groups is 1. The van der Waals surface area contributed by atoms with Crippen LogP contribution in [0.1, 0.15) is 43.0 Å². The summed E-state index contributed by atoms with van der Waals surface area (Å²) in [6.07, 6.45) is 2.92. The highest BCUT2D eigenvalue weighted by Crippen LogP contribution is 2.30. The lowest BCUT2D eigenvalue weighted by Gasteiger charge is -2.28. The van der Waals surface area contributed by atoms with Gasteiger partial charge >= 0.3 is 0 Å². The fraction of sp³-hybridized carbons (Fsp3) is 0.500. The lowest BCUT2D eigenvalue weighted by Crippen LogP contribution is -2.48. The number of ketones is 1. The maximum atomic E-state index is 13.7. The predicted molar refractivity (Wildman–Crippen MR) is 65.6 cm³/mol. The number of benzene rings is 1. The molecule has 98 valence electrons. The number of hydrogen-bond acceptors (Lipinski definition) is 2. The minimum atomic E-state index is -0.780. The predicted octanol–water partition coefficient (Wildman–Crippen LogP) is 3.07. The first kappa shape index (κ1) is 13.1. The van der Waals surface area contributed by atoms with E-state index in [2.05, 4.69) is 5.32 Å². The average molecular weight is 253 g/mol. The fourth-order valence-electron chi connectivity index (χ4n) is 2.71. The van der Waals surface area contributed by atoms with Crippen molar-refractivity contribution in [3.05, 3.63) is 35.4 Å². The molecule has 1 aliphatic heterocycles. The fourth-order valence-corrected chi connectivity index (χ4v) is 2.71. The molecule has 18 heavy (non-hydrogen) atoms. The van der Waals surface area contributed by atoms with Gasteiger partial charge in [0.05, 0.1) is 11.1 Å². The summed E-state index contributed by atoms with van der Waals surface area (Å²) in [6.45, 7) is 2.69. The van der Waals surface area contributed by atoms with E-state index in [0.29, 0.717) is 12.8 Å². The van der Waals surface area contributed by atoms with Crippen LogP contribution in [0.15, 0.2) is 18.2 Å². The third-order valence-corrected chi connectivity index (χ3v) is 3.54. The van der Waals surface area contributed by atoms with Crippen molar-refractivity contribution in [1.82, 2.24) is 5.32 Å². The summed E-state index contributed by atoms with van der Waals surface area (Å²) in [5, 5.41) is 3.14.